The Hall–Kier alpha value is -4.93. The number of rotatable bonds is 9. The minimum Gasteiger partial charge on any atom is -0.471 e. The van der Waals surface area contributed by atoms with Gasteiger partial charge in [0, 0.05) is 36.8 Å². The van der Waals surface area contributed by atoms with Gasteiger partial charge in [0.15, 0.2) is 5.65 Å². The van der Waals surface area contributed by atoms with E-state index in [1.807, 2.05) is 42.5 Å². The lowest BCUT2D eigenvalue weighted by Crippen LogP contribution is -2.27. The molecular weight excluding hydrogens is 486 g/mol. The van der Waals surface area contributed by atoms with Gasteiger partial charge in [-0.3, -0.25) is 4.79 Å². The summed E-state index contributed by atoms with van der Waals surface area (Å²) in [6.07, 6.45) is 1.50. The van der Waals surface area contributed by atoms with Crippen LogP contribution in [0.2, 0.25) is 0 Å². The molecule has 5 aromatic rings. The third-order valence-corrected chi connectivity index (χ3v) is 6.21. The molecule has 3 heterocycles. The predicted molar refractivity (Wildman–Crippen MR) is 144 cm³/mol. The van der Waals surface area contributed by atoms with Crippen LogP contribution in [-0.2, 0) is 13.2 Å². The molecule has 5 rings (SSSR count). The SMILES string of the molecule is CCN(CC)c1ccc2cc(C(=O)NCc3ccc(COc4nc(N)nc5nc[nH]c45)cc3)c(=O)oc2c1. The van der Waals surface area contributed by atoms with Gasteiger partial charge in [0.1, 0.15) is 23.3 Å². The standard InChI is InChI=1S/C27H27N7O4/c1-3-34(4-2)19-10-9-18-11-20(26(36)38-21(18)12-19)24(35)29-13-16-5-7-17(8-6-16)14-37-25-22-23(31-15-30-22)32-27(28)33-25/h5-12,15H,3-4,13-14H2,1-2H3,(H,29,35)(H3,28,30,31,32,33). The normalized spacial score (nSPS) is 11.1. The van der Waals surface area contributed by atoms with E-state index in [9.17, 15) is 9.59 Å². The first-order chi connectivity index (χ1) is 18.4. The first-order valence-corrected chi connectivity index (χ1v) is 12.2. The van der Waals surface area contributed by atoms with Crippen LogP contribution in [0.5, 0.6) is 5.88 Å². The monoisotopic (exact) mass is 513 g/mol. The fourth-order valence-corrected chi connectivity index (χ4v) is 4.15. The summed E-state index contributed by atoms with van der Waals surface area (Å²) in [5, 5.41) is 3.48. The van der Waals surface area contributed by atoms with Crippen LogP contribution in [0.4, 0.5) is 11.6 Å². The molecule has 0 saturated carbocycles. The van der Waals surface area contributed by atoms with E-state index in [-0.39, 0.29) is 24.7 Å². The second kappa shape index (κ2) is 10.6. The summed E-state index contributed by atoms with van der Waals surface area (Å²) >= 11 is 0. The Morgan fingerprint density at radius 3 is 2.61 bits per heavy atom. The zero-order chi connectivity index (χ0) is 26.6. The number of anilines is 2. The van der Waals surface area contributed by atoms with Crippen LogP contribution in [0.3, 0.4) is 0 Å². The fourth-order valence-electron chi connectivity index (χ4n) is 4.15. The number of amides is 1. The molecule has 0 bridgehead atoms. The highest BCUT2D eigenvalue weighted by atomic mass is 16.5. The van der Waals surface area contributed by atoms with E-state index in [1.54, 1.807) is 6.07 Å². The van der Waals surface area contributed by atoms with Crippen molar-refractivity contribution in [2.45, 2.75) is 27.0 Å². The summed E-state index contributed by atoms with van der Waals surface area (Å²) in [6.45, 7) is 6.31. The lowest BCUT2D eigenvalue weighted by molar-refractivity contribution is 0.0947. The van der Waals surface area contributed by atoms with Crippen LogP contribution in [0.1, 0.15) is 35.3 Å². The molecule has 0 unspecified atom stereocenters. The van der Waals surface area contributed by atoms with Gasteiger partial charge < -0.3 is 30.1 Å². The summed E-state index contributed by atoms with van der Waals surface area (Å²) in [5.74, 6) is -0.0961. The zero-order valence-electron chi connectivity index (χ0n) is 21.0. The van der Waals surface area contributed by atoms with Gasteiger partial charge >= 0.3 is 5.63 Å². The number of carbonyl (C=O) groups is 1. The number of aromatic amines is 1. The minimum absolute atomic E-state index is 0.0349. The van der Waals surface area contributed by atoms with Gasteiger partial charge in [0.2, 0.25) is 11.8 Å². The molecule has 11 heteroatoms. The van der Waals surface area contributed by atoms with Crippen LogP contribution in [0, 0.1) is 0 Å². The van der Waals surface area contributed by atoms with Gasteiger partial charge in [-0.25, -0.2) is 9.78 Å². The Morgan fingerprint density at radius 1 is 1.08 bits per heavy atom. The Morgan fingerprint density at radius 2 is 1.84 bits per heavy atom. The number of fused-ring (bicyclic) bond motifs is 2. The highest BCUT2D eigenvalue weighted by Crippen LogP contribution is 2.23. The molecule has 38 heavy (non-hydrogen) atoms. The molecule has 0 aliphatic heterocycles. The number of hydrogen-bond donors (Lipinski definition) is 3. The number of nitrogens with two attached hydrogens (primary N) is 1. The molecule has 0 aliphatic carbocycles. The van der Waals surface area contributed by atoms with Crippen molar-refractivity contribution in [2.75, 3.05) is 23.7 Å². The van der Waals surface area contributed by atoms with Crippen molar-refractivity contribution < 1.29 is 13.9 Å². The molecule has 11 nitrogen and oxygen atoms in total. The summed E-state index contributed by atoms with van der Waals surface area (Å²) in [5.41, 5.74) is 9.19. The molecule has 0 atom stereocenters. The Balaban J connectivity index is 1.22. The van der Waals surface area contributed by atoms with Crippen molar-refractivity contribution in [3.8, 4) is 5.88 Å². The molecule has 3 aromatic heterocycles. The van der Waals surface area contributed by atoms with E-state index < -0.39 is 11.5 Å². The lowest BCUT2D eigenvalue weighted by Gasteiger charge is -2.21. The minimum atomic E-state index is -0.670. The molecule has 0 radical (unpaired) electrons. The highest BCUT2D eigenvalue weighted by Gasteiger charge is 2.15. The van der Waals surface area contributed by atoms with Crippen LogP contribution < -0.4 is 26.3 Å². The van der Waals surface area contributed by atoms with Crippen molar-refractivity contribution in [2.24, 2.45) is 0 Å². The molecule has 0 aliphatic rings. The third kappa shape index (κ3) is 5.12. The van der Waals surface area contributed by atoms with Gasteiger partial charge in [0.25, 0.3) is 5.91 Å². The molecule has 0 fully saturated rings. The van der Waals surface area contributed by atoms with Gasteiger partial charge in [-0.1, -0.05) is 24.3 Å². The van der Waals surface area contributed by atoms with E-state index in [0.717, 1.165) is 29.9 Å². The summed E-state index contributed by atoms with van der Waals surface area (Å²) in [7, 11) is 0. The first kappa shape index (κ1) is 24.8. The lowest BCUT2D eigenvalue weighted by atomic mass is 10.1. The molecule has 4 N–H and O–H groups in total. The number of benzene rings is 2. The van der Waals surface area contributed by atoms with Gasteiger partial charge in [-0.05, 0) is 43.2 Å². The maximum atomic E-state index is 12.8. The second-order valence-electron chi connectivity index (χ2n) is 8.62. The highest BCUT2D eigenvalue weighted by molar-refractivity contribution is 5.97. The van der Waals surface area contributed by atoms with Crippen molar-refractivity contribution in [3.05, 3.63) is 82.0 Å². The largest absolute Gasteiger partial charge is 0.471 e. The topological polar surface area (TPSA) is 152 Å². The van der Waals surface area contributed by atoms with Gasteiger partial charge in [0.05, 0.1) is 6.33 Å². The molecule has 1 amide bonds. The van der Waals surface area contributed by atoms with Crippen LogP contribution in [0.15, 0.2) is 64.1 Å². The molecule has 2 aromatic carbocycles. The van der Waals surface area contributed by atoms with Crippen molar-refractivity contribution in [3.63, 3.8) is 0 Å². The fraction of sp³-hybridized carbons (Fsp3) is 0.222. The summed E-state index contributed by atoms with van der Waals surface area (Å²) in [4.78, 5) is 42.6. The Bertz CT molecular complexity index is 1660. The number of hydrogen-bond acceptors (Lipinski definition) is 9. The van der Waals surface area contributed by atoms with E-state index in [4.69, 9.17) is 14.9 Å². The number of H-pyrrole nitrogens is 1. The predicted octanol–water partition coefficient (Wildman–Crippen LogP) is 3.40. The maximum absolute atomic E-state index is 12.8. The number of ether oxygens (including phenoxy) is 1. The van der Waals surface area contributed by atoms with Crippen LogP contribution in [0.25, 0.3) is 22.1 Å². The third-order valence-electron chi connectivity index (χ3n) is 6.21. The molecule has 194 valence electrons. The molecule has 0 spiro atoms. The zero-order valence-corrected chi connectivity index (χ0v) is 21.0. The van der Waals surface area contributed by atoms with Crippen molar-refractivity contribution in [1.82, 2.24) is 25.3 Å². The van der Waals surface area contributed by atoms with Crippen LogP contribution in [-0.4, -0.2) is 38.9 Å². The second-order valence-corrected chi connectivity index (χ2v) is 8.62. The summed E-state index contributed by atoms with van der Waals surface area (Å²) in [6, 6.07) is 14.7. The van der Waals surface area contributed by atoms with E-state index >= 15 is 0 Å². The van der Waals surface area contributed by atoms with Crippen molar-refractivity contribution >= 4 is 39.7 Å². The number of nitrogens with one attached hydrogen (secondary N) is 2. The Labute approximate surface area is 217 Å². The Kier molecular flexibility index (Phi) is 6.90. The average molecular weight is 514 g/mol. The quantitative estimate of drug-likeness (QED) is 0.252. The number of nitrogens with zero attached hydrogens (tertiary/aromatic N) is 4. The molecular formula is C27H27N7O4. The first-order valence-electron chi connectivity index (χ1n) is 12.2. The van der Waals surface area contributed by atoms with E-state index in [1.165, 1.54) is 6.33 Å². The molecule has 0 saturated heterocycles. The number of nitrogen functional groups attached to an aromatic ring is 1. The maximum Gasteiger partial charge on any atom is 0.349 e. The van der Waals surface area contributed by atoms with Crippen LogP contribution >= 0.6 is 0 Å². The van der Waals surface area contributed by atoms with Gasteiger partial charge in [-0.2, -0.15) is 9.97 Å². The number of carbonyl (C=O) groups excluding carboxylic acids is 1. The van der Waals surface area contributed by atoms with E-state index in [2.05, 4.69) is 44.0 Å². The smallest absolute Gasteiger partial charge is 0.349 e. The van der Waals surface area contributed by atoms with Crippen molar-refractivity contribution in [1.29, 1.82) is 0 Å². The number of imidazole rings is 1. The summed E-state index contributed by atoms with van der Waals surface area (Å²) < 4.78 is 11.3. The van der Waals surface area contributed by atoms with E-state index in [0.29, 0.717) is 28.0 Å². The number of aromatic nitrogens is 4. The average Bonchev–Trinajstić information content (AvgIpc) is 3.40. The van der Waals surface area contributed by atoms with Gasteiger partial charge in [-0.15, -0.1) is 0 Å².